The highest BCUT2D eigenvalue weighted by molar-refractivity contribution is 8.00. The summed E-state index contributed by atoms with van der Waals surface area (Å²) in [4.78, 5) is 38.8. The summed E-state index contributed by atoms with van der Waals surface area (Å²) in [5, 5.41) is 13.8. The summed E-state index contributed by atoms with van der Waals surface area (Å²) < 4.78 is 0. The van der Waals surface area contributed by atoms with E-state index in [1.165, 1.54) is 12.1 Å². The van der Waals surface area contributed by atoms with Crippen molar-refractivity contribution >= 4 is 29.4 Å². The van der Waals surface area contributed by atoms with E-state index in [1.807, 2.05) is 11.8 Å². The third kappa shape index (κ3) is 3.48. The molecule has 1 N–H and O–H groups in total. The number of nitrogens with one attached hydrogen (secondary N) is 1. The molecule has 1 aromatic carbocycles. The molecule has 0 bridgehead atoms. The molecule has 0 atom stereocenters. The minimum atomic E-state index is -0.490. The van der Waals surface area contributed by atoms with Crippen molar-refractivity contribution in [1.82, 2.24) is 15.1 Å². The number of nitro groups is 1. The highest BCUT2D eigenvalue weighted by Gasteiger charge is 2.47. The molecule has 1 spiro atoms. The Kier molecular flexibility index (Phi) is 5.36. The second-order valence-corrected chi connectivity index (χ2v) is 7.84. The van der Waals surface area contributed by atoms with E-state index >= 15 is 0 Å². The van der Waals surface area contributed by atoms with Crippen LogP contribution in [-0.4, -0.2) is 63.5 Å². The maximum absolute atomic E-state index is 13.0. The maximum atomic E-state index is 13.0. The van der Waals surface area contributed by atoms with Crippen LogP contribution in [0.15, 0.2) is 24.3 Å². The molecule has 1 aromatic rings. The zero-order chi connectivity index (χ0) is 18.7. The van der Waals surface area contributed by atoms with Crippen LogP contribution in [0.5, 0.6) is 0 Å². The molecule has 8 nitrogen and oxygen atoms in total. The molecule has 140 valence electrons. The van der Waals surface area contributed by atoms with E-state index in [-0.39, 0.29) is 22.5 Å². The molecule has 0 radical (unpaired) electrons. The quantitative estimate of drug-likeness (QED) is 0.643. The van der Waals surface area contributed by atoms with Crippen LogP contribution in [0.2, 0.25) is 0 Å². The van der Waals surface area contributed by atoms with Gasteiger partial charge in [-0.15, -0.1) is 11.8 Å². The van der Waals surface area contributed by atoms with Gasteiger partial charge in [0.05, 0.1) is 9.79 Å². The molecule has 2 heterocycles. The van der Waals surface area contributed by atoms with Gasteiger partial charge in [-0.3, -0.25) is 14.9 Å². The highest BCUT2D eigenvalue weighted by atomic mass is 32.2. The molecule has 0 aliphatic carbocycles. The number of likely N-dealkylation sites (tertiary alicyclic amines) is 1. The van der Waals surface area contributed by atoms with Crippen LogP contribution >= 0.6 is 11.8 Å². The van der Waals surface area contributed by atoms with Crippen molar-refractivity contribution in [2.24, 2.45) is 0 Å². The summed E-state index contributed by atoms with van der Waals surface area (Å²) in [5.41, 5.74) is 0.259. The largest absolute Gasteiger partial charge is 0.338 e. The molecule has 3 amide bonds. The Labute approximate surface area is 156 Å². The van der Waals surface area contributed by atoms with Gasteiger partial charge >= 0.3 is 6.03 Å². The molecule has 2 saturated heterocycles. The number of non-ortho nitro benzene ring substituents is 1. The van der Waals surface area contributed by atoms with Gasteiger partial charge in [0.25, 0.3) is 11.6 Å². The first-order chi connectivity index (χ1) is 12.5. The zero-order valence-electron chi connectivity index (χ0n) is 14.6. The monoisotopic (exact) mass is 378 g/mol. The van der Waals surface area contributed by atoms with Crippen molar-refractivity contribution in [2.45, 2.75) is 24.6 Å². The number of urea groups is 1. The predicted molar refractivity (Wildman–Crippen MR) is 99.2 cm³/mol. The summed E-state index contributed by atoms with van der Waals surface area (Å²) in [7, 11) is 0. The third-order valence-corrected chi connectivity index (χ3v) is 6.44. The summed E-state index contributed by atoms with van der Waals surface area (Å²) in [6.07, 6.45) is 1.41. The molecular formula is C17H22N4O4S. The fourth-order valence-corrected chi connectivity index (χ4v) is 5.00. The number of rotatable bonds is 3. The van der Waals surface area contributed by atoms with Crippen LogP contribution in [0.3, 0.4) is 0 Å². The molecule has 2 aliphatic rings. The number of nitrogens with zero attached hydrogens (tertiary/aromatic N) is 3. The standard InChI is InChI=1S/C17H22N4O4S/c1-2-18-16(23)19-8-6-17(7-9-19)20(10-11-26-17)15(22)13-4-3-5-14(12-13)21(24)25/h3-5,12H,2,6-11H2,1H3,(H,18,23). The van der Waals surface area contributed by atoms with Gasteiger partial charge in [-0.25, -0.2) is 4.79 Å². The number of carbonyl (C=O) groups is 2. The fourth-order valence-electron chi connectivity index (χ4n) is 3.54. The summed E-state index contributed by atoms with van der Waals surface area (Å²) in [6, 6.07) is 5.82. The van der Waals surface area contributed by atoms with E-state index in [2.05, 4.69) is 5.32 Å². The van der Waals surface area contributed by atoms with E-state index in [9.17, 15) is 19.7 Å². The number of piperidine rings is 1. The average molecular weight is 378 g/mol. The van der Waals surface area contributed by atoms with Crippen LogP contribution in [-0.2, 0) is 0 Å². The van der Waals surface area contributed by atoms with Gasteiger partial charge in [-0.1, -0.05) is 6.07 Å². The van der Waals surface area contributed by atoms with Crippen molar-refractivity contribution in [1.29, 1.82) is 0 Å². The Hall–Kier alpha value is -2.29. The van der Waals surface area contributed by atoms with E-state index in [0.29, 0.717) is 44.6 Å². The molecule has 0 unspecified atom stereocenters. The van der Waals surface area contributed by atoms with Gasteiger partial charge in [0.2, 0.25) is 0 Å². The molecule has 2 fully saturated rings. The van der Waals surface area contributed by atoms with Crippen molar-refractivity contribution < 1.29 is 14.5 Å². The smallest absolute Gasteiger partial charge is 0.317 e. The van der Waals surface area contributed by atoms with Crippen molar-refractivity contribution in [3.63, 3.8) is 0 Å². The van der Waals surface area contributed by atoms with E-state index in [4.69, 9.17) is 0 Å². The lowest BCUT2D eigenvalue weighted by atomic mass is 10.0. The van der Waals surface area contributed by atoms with E-state index in [1.54, 1.807) is 28.8 Å². The van der Waals surface area contributed by atoms with Crippen LogP contribution in [0, 0.1) is 10.1 Å². The number of nitro benzene ring substituents is 1. The number of thioether (sulfide) groups is 1. The van der Waals surface area contributed by atoms with Crippen LogP contribution in [0.25, 0.3) is 0 Å². The third-order valence-electron chi connectivity index (χ3n) is 4.89. The molecule has 0 saturated carbocycles. The topological polar surface area (TPSA) is 95.8 Å². The van der Waals surface area contributed by atoms with Gasteiger partial charge < -0.3 is 15.1 Å². The molecule has 9 heteroatoms. The Balaban J connectivity index is 1.74. The predicted octanol–water partition coefficient (Wildman–Crippen LogP) is 2.31. The van der Waals surface area contributed by atoms with E-state index in [0.717, 1.165) is 5.75 Å². The first kappa shape index (κ1) is 18.5. The van der Waals surface area contributed by atoms with E-state index < -0.39 is 4.92 Å². The number of benzene rings is 1. The van der Waals surface area contributed by atoms with Gasteiger partial charge in [0.15, 0.2) is 0 Å². The van der Waals surface area contributed by atoms with Crippen LogP contribution in [0.4, 0.5) is 10.5 Å². The molecule has 3 rings (SSSR count). The van der Waals surface area contributed by atoms with Gasteiger partial charge in [-0.2, -0.15) is 0 Å². The normalized spacial score (nSPS) is 18.8. The lowest BCUT2D eigenvalue weighted by molar-refractivity contribution is -0.384. The number of hydrogen-bond donors (Lipinski definition) is 1. The SMILES string of the molecule is CCNC(=O)N1CCC2(CC1)SCCN2C(=O)c1cccc([N+](=O)[O-])c1. The minimum absolute atomic E-state index is 0.0677. The van der Waals surface area contributed by atoms with Gasteiger partial charge in [0, 0.05) is 49.6 Å². The average Bonchev–Trinajstić information content (AvgIpc) is 3.05. The number of amides is 3. The summed E-state index contributed by atoms with van der Waals surface area (Å²) >= 11 is 1.75. The maximum Gasteiger partial charge on any atom is 0.317 e. The van der Waals surface area contributed by atoms with Crippen molar-refractivity contribution in [2.75, 3.05) is 31.9 Å². The molecule has 2 aliphatic heterocycles. The van der Waals surface area contributed by atoms with Crippen molar-refractivity contribution in [3.05, 3.63) is 39.9 Å². The first-order valence-electron chi connectivity index (χ1n) is 8.70. The summed E-state index contributed by atoms with van der Waals surface area (Å²) in [5.74, 6) is 0.659. The Morgan fingerprint density at radius 1 is 1.31 bits per heavy atom. The lowest BCUT2D eigenvalue weighted by Crippen LogP contribution is -2.55. The Bertz CT molecular complexity index is 718. The lowest BCUT2D eigenvalue weighted by Gasteiger charge is -2.44. The van der Waals surface area contributed by atoms with Crippen LogP contribution in [0.1, 0.15) is 30.1 Å². The van der Waals surface area contributed by atoms with Crippen LogP contribution < -0.4 is 5.32 Å². The second-order valence-electron chi connectivity index (χ2n) is 6.38. The minimum Gasteiger partial charge on any atom is -0.338 e. The second kappa shape index (κ2) is 7.53. The molecule has 0 aromatic heterocycles. The highest BCUT2D eigenvalue weighted by Crippen LogP contribution is 2.44. The van der Waals surface area contributed by atoms with Gasteiger partial charge in [-0.05, 0) is 25.8 Å². The number of carbonyl (C=O) groups excluding carboxylic acids is 2. The number of hydrogen-bond acceptors (Lipinski definition) is 5. The van der Waals surface area contributed by atoms with Gasteiger partial charge in [0.1, 0.15) is 0 Å². The molecule has 26 heavy (non-hydrogen) atoms. The fraction of sp³-hybridized carbons (Fsp3) is 0.529. The summed E-state index contributed by atoms with van der Waals surface area (Å²) in [6.45, 7) is 4.28. The molecular weight excluding hydrogens is 356 g/mol. The Morgan fingerprint density at radius 2 is 2.04 bits per heavy atom. The first-order valence-corrected chi connectivity index (χ1v) is 9.68. The Morgan fingerprint density at radius 3 is 2.69 bits per heavy atom. The zero-order valence-corrected chi connectivity index (χ0v) is 15.5. The van der Waals surface area contributed by atoms with Crippen molar-refractivity contribution in [3.8, 4) is 0 Å².